The number of likely N-dealkylation sites (tertiary alicyclic amines) is 1. The Hall–Kier alpha value is -1.90. The van der Waals surface area contributed by atoms with Crippen molar-refractivity contribution >= 4 is 46.6 Å². The first-order valence-corrected chi connectivity index (χ1v) is 15.3. The molecule has 10 heteroatoms. The van der Waals surface area contributed by atoms with Crippen LogP contribution in [0.15, 0.2) is 36.5 Å². The number of nitrogens with zero attached hydrogens (tertiary/aromatic N) is 4. The number of rotatable bonds is 9. The molecule has 7 nitrogen and oxygen atoms in total. The average Bonchev–Trinajstić information content (AvgIpc) is 2.97. The number of hydrogen-bond donors (Lipinski definition) is 1. The van der Waals surface area contributed by atoms with Crippen molar-refractivity contribution in [2.45, 2.75) is 50.0 Å². The number of carbonyl (C=O) groups excluding carboxylic acids is 2. The van der Waals surface area contributed by atoms with Crippen molar-refractivity contribution in [3.05, 3.63) is 62.9 Å². The molecule has 1 atom stereocenters. The third kappa shape index (κ3) is 6.60. The minimum atomic E-state index is -0.436. The van der Waals surface area contributed by atoms with Crippen molar-refractivity contribution in [2.75, 3.05) is 60.4 Å². The zero-order valence-electron chi connectivity index (χ0n) is 23.8. The van der Waals surface area contributed by atoms with Crippen LogP contribution in [0.2, 0.25) is 15.2 Å². The Kier molecular flexibility index (Phi) is 10.4. The van der Waals surface area contributed by atoms with Crippen LogP contribution in [0.1, 0.15) is 60.4 Å². The fourth-order valence-electron chi connectivity index (χ4n) is 6.80. The summed E-state index contributed by atoms with van der Waals surface area (Å²) in [6.07, 6.45) is 7.44. The molecule has 218 valence electrons. The van der Waals surface area contributed by atoms with E-state index < -0.39 is 5.54 Å². The molecule has 1 aromatic heterocycles. The number of hydrogen-bond acceptors (Lipinski definition) is 4. The number of piperidine rings is 2. The Balaban J connectivity index is 1.65. The number of nitrogens with one attached hydrogen (secondary N) is 1. The summed E-state index contributed by atoms with van der Waals surface area (Å²) >= 11 is 18.7. The summed E-state index contributed by atoms with van der Waals surface area (Å²) < 4.78 is 0.808. The van der Waals surface area contributed by atoms with E-state index in [0.717, 1.165) is 74.9 Å². The summed E-state index contributed by atoms with van der Waals surface area (Å²) in [5, 5.41) is 4.84. The number of likely N-dealkylation sites (N-methyl/N-ethyl adjacent to an activating group) is 2. The highest BCUT2D eigenvalue weighted by Gasteiger charge is 2.57. The van der Waals surface area contributed by atoms with E-state index in [1.54, 1.807) is 21.9 Å². The van der Waals surface area contributed by atoms with Gasteiger partial charge < -0.3 is 19.6 Å². The third-order valence-electron chi connectivity index (χ3n) is 8.95. The molecule has 2 aliphatic rings. The normalized spacial score (nSPS) is 19.1. The van der Waals surface area contributed by atoms with Crippen LogP contribution in [0.25, 0.3) is 0 Å². The van der Waals surface area contributed by atoms with Crippen LogP contribution in [0.5, 0.6) is 0 Å². The number of quaternary nitrogens is 1. The van der Waals surface area contributed by atoms with Crippen LogP contribution < -0.4 is 5.32 Å². The zero-order chi connectivity index (χ0) is 28.9. The van der Waals surface area contributed by atoms with E-state index >= 15 is 0 Å². The zero-order valence-corrected chi connectivity index (χ0v) is 26.0. The van der Waals surface area contributed by atoms with Gasteiger partial charge in [0.15, 0.2) is 5.54 Å². The lowest BCUT2D eigenvalue weighted by Gasteiger charge is -2.56. The number of carbonyl (C=O) groups is 2. The summed E-state index contributed by atoms with van der Waals surface area (Å²) in [4.78, 5) is 34.9. The first-order chi connectivity index (χ1) is 19.1. The quantitative estimate of drug-likeness (QED) is 0.301. The van der Waals surface area contributed by atoms with Gasteiger partial charge in [-0.05, 0) is 49.1 Å². The van der Waals surface area contributed by atoms with E-state index in [9.17, 15) is 9.59 Å². The van der Waals surface area contributed by atoms with E-state index in [1.165, 1.54) is 12.6 Å². The molecule has 2 aliphatic heterocycles. The molecule has 4 rings (SSSR count). The predicted octanol–water partition coefficient (Wildman–Crippen LogP) is 5.50. The Morgan fingerprint density at radius 2 is 1.70 bits per heavy atom. The number of amides is 2. The second-order valence-corrected chi connectivity index (χ2v) is 12.8. The highest BCUT2D eigenvalue weighted by molar-refractivity contribution is 6.42. The maximum atomic E-state index is 14.0. The number of aromatic nitrogens is 1. The lowest BCUT2D eigenvalue weighted by molar-refractivity contribution is -0.972. The van der Waals surface area contributed by atoms with Gasteiger partial charge in [0.25, 0.3) is 11.8 Å². The van der Waals surface area contributed by atoms with Gasteiger partial charge in [0.05, 0.1) is 35.2 Å². The van der Waals surface area contributed by atoms with E-state index in [-0.39, 0.29) is 17.7 Å². The Labute approximate surface area is 253 Å². The maximum Gasteiger partial charge on any atom is 0.283 e. The number of halogens is 3. The molecule has 0 bridgehead atoms. The van der Waals surface area contributed by atoms with Crippen molar-refractivity contribution in [3.8, 4) is 0 Å². The maximum absolute atomic E-state index is 14.0. The van der Waals surface area contributed by atoms with Gasteiger partial charge in [0.1, 0.15) is 5.15 Å². The summed E-state index contributed by atoms with van der Waals surface area (Å²) in [6.45, 7) is 5.05. The van der Waals surface area contributed by atoms with Crippen LogP contribution in [0.3, 0.4) is 0 Å². The van der Waals surface area contributed by atoms with Crippen LogP contribution in [0, 0.1) is 0 Å². The van der Waals surface area contributed by atoms with Crippen molar-refractivity contribution in [1.82, 2.24) is 20.1 Å². The molecule has 1 aromatic carbocycles. The van der Waals surface area contributed by atoms with E-state index in [2.05, 4.69) is 10.3 Å². The average molecular weight is 610 g/mol. The number of benzene rings is 1. The minimum Gasteiger partial charge on any atom is -0.343 e. The fraction of sp³-hybridized carbons (Fsp3) is 0.567. The molecule has 0 aliphatic carbocycles. The third-order valence-corrected chi connectivity index (χ3v) is 9.91. The smallest absolute Gasteiger partial charge is 0.283 e. The van der Waals surface area contributed by atoms with Crippen LogP contribution in [-0.4, -0.2) is 97.0 Å². The standard InChI is InChI=1S/C30H41Cl3N5O2/c1-36(2)29(40)30(12-14-34-15-13-30)38(16-5-4-6-17-38)18-11-24(22-7-9-25(31)26(32)19-22)21-37(3)28(39)23-8-10-27(33)35-20-23/h7-10,19-20,24,34H,4-6,11-18,21H2,1-3H3/q+1. The lowest BCUT2D eigenvalue weighted by atomic mass is 9.79. The molecule has 2 amide bonds. The summed E-state index contributed by atoms with van der Waals surface area (Å²) in [5.41, 5.74) is 1.09. The van der Waals surface area contributed by atoms with Gasteiger partial charge in [-0.2, -0.15) is 0 Å². The summed E-state index contributed by atoms with van der Waals surface area (Å²) in [6, 6.07) is 9.08. The molecule has 2 fully saturated rings. The number of pyridine rings is 1. The SMILES string of the molecule is CN(C)C(=O)C1([N+]2(CCC(CN(C)C(=O)c3ccc(Cl)nc3)c3ccc(Cl)c(Cl)c3)CCCCC2)CCNCC1. The molecule has 40 heavy (non-hydrogen) atoms. The van der Waals surface area contributed by atoms with Crippen molar-refractivity contribution in [2.24, 2.45) is 0 Å². The fourth-order valence-corrected chi connectivity index (χ4v) is 7.22. The predicted molar refractivity (Wildman–Crippen MR) is 162 cm³/mol. The van der Waals surface area contributed by atoms with Gasteiger partial charge in [-0.3, -0.25) is 9.59 Å². The molecule has 2 aromatic rings. The molecular formula is C30H41Cl3N5O2+. The first kappa shape index (κ1) is 31.0. The Morgan fingerprint density at radius 3 is 2.30 bits per heavy atom. The van der Waals surface area contributed by atoms with Crippen molar-refractivity contribution < 1.29 is 14.1 Å². The second-order valence-electron chi connectivity index (χ2n) is 11.6. The summed E-state index contributed by atoms with van der Waals surface area (Å²) in [7, 11) is 5.59. The van der Waals surface area contributed by atoms with Crippen molar-refractivity contribution in [3.63, 3.8) is 0 Å². The molecule has 3 heterocycles. The Bertz CT molecular complexity index is 1180. The van der Waals surface area contributed by atoms with E-state index in [4.69, 9.17) is 34.8 Å². The first-order valence-electron chi connectivity index (χ1n) is 14.2. The van der Waals surface area contributed by atoms with E-state index in [1.807, 2.05) is 39.3 Å². The van der Waals surface area contributed by atoms with Crippen LogP contribution in [0.4, 0.5) is 0 Å². The van der Waals surface area contributed by atoms with E-state index in [0.29, 0.717) is 27.3 Å². The molecule has 1 unspecified atom stereocenters. The topological polar surface area (TPSA) is 65.5 Å². The molecule has 2 saturated heterocycles. The Morgan fingerprint density at radius 1 is 1.00 bits per heavy atom. The van der Waals surface area contributed by atoms with Crippen molar-refractivity contribution in [1.29, 1.82) is 0 Å². The van der Waals surface area contributed by atoms with Gasteiger partial charge in [-0.1, -0.05) is 40.9 Å². The highest BCUT2D eigenvalue weighted by atomic mass is 35.5. The lowest BCUT2D eigenvalue weighted by Crippen LogP contribution is -2.74. The molecule has 0 saturated carbocycles. The summed E-state index contributed by atoms with van der Waals surface area (Å²) in [5.74, 6) is 0.132. The van der Waals surface area contributed by atoms with Gasteiger partial charge in [0, 0.05) is 72.2 Å². The second kappa shape index (κ2) is 13.4. The monoisotopic (exact) mass is 608 g/mol. The van der Waals surface area contributed by atoms with Crippen LogP contribution >= 0.6 is 34.8 Å². The molecular weight excluding hydrogens is 569 g/mol. The largest absolute Gasteiger partial charge is 0.343 e. The minimum absolute atomic E-state index is 0.00845. The highest BCUT2D eigenvalue weighted by Crippen LogP contribution is 2.40. The van der Waals surface area contributed by atoms with Gasteiger partial charge >= 0.3 is 0 Å². The van der Waals surface area contributed by atoms with Gasteiger partial charge in [-0.15, -0.1) is 0 Å². The molecule has 0 spiro atoms. The van der Waals surface area contributed by atoms with Gasteiger partial charge in [0.2, 0.25) is 0 Å². The van der Waals surface area contributed by atoms with Gasteiger partial charge in [-0.25, -0.2) is 4.98 Å². The molecule has 0 radical (unpaired) electrons. The van der Waals surface area contributed by atoms with Crippen LogP contribution in [-0.2, 0) is 4.79 Å². The molecule has 1 N–H and O–H groups in total.